The van der Waals surface area contributed by atoms with Gasteiger partial charge in [0.15, 0.2) is 5.82 Å². The van der Waals surface area contributed by atoms with Crippen molar-refractivity contribution in [3.63, 3.8) is 0 Å². The average Bonchev–Trinajstić information content (AvgIpc) is 2.68. The van der Waals surface area contributed by atoms with E-state index in [9.17, 15) is 10.1 Å². The molecule has 0 aliphatic heterocycles. The predicted octanol–water partition coefficient (Wildman–Crippen LogP) is 0.570. The predicted molar refractivity (Wildman–Crippen MR) is 45.8 cm³/mol. The minimum absolute atomic E-state index is 0.212. The molecule has 0 aliphatic carbocycles. The van der Waals surface area contributed by atoms with E-state index in [1.807, 2.05) is 0 Å². The molecule has 70 valence electrons. The van der Waals surface area contributed by atoms with E-state index in [4.69, 9.17) is 0 Å². The zero-order chi connectivity index (χ0) is 9.97. The first kappa shape index (κ1) is 8.30. The largest absolute Gasteiger partial charge is 0.390 e. The third kappa shape index (κ3) is 1.42. The molecule has 0 amide bonds. The highest BCUT2D eigenvalue weighted by Crippen LogP contribution is 2.08. The first-order valence-corrected chi connectivity index (χ1v) is 3.75. The lowest BCUT2D eigenvalue weighted by Gasteiger charge is -1.91. The van der Waals surface area contributed by atoms with Crippen molar-refractivity contribution in [2.24, 2.45) is 0 Å². The SMILES string of the molecule is O=[N+]([O-])c1ccn(-c2cccnn2)n1. The van der Waals surface area contributed by atoms with Gasteiger partial charge in [-0.1, -0.05) is 0 Å². The molecule has 14 heavy (non-hydrogen) atoms. The maximum Gasteiger partial charge on any atom is 0.390 e. The van der Waals surface area contributed by atoms with Crippen LogP contribution in [0.1, 0.15) is 0 Å². The van der Waals surface area contributed by atoms with Gasteiger partial charge in [-0.2, -0.15) is 5.10 Å². The zero-order valence-corrected chi connectivity index (χ0v) is 6.94. The van der Waals surface area contributed by atoms with Crippen LogP contribution in [0.3, 0.4) is 0 Å². The molecule has 0 atom stereocenters. The van der Waals surface area contributed by atoms with E-state index in [1.54, 1.807) is 12.1 Å². The van der Waals surface area contributed by atoms with Gasteiger partial charge in [-0.05, 0) is 17.1 Å². The number of nitrogens with zero attached hydrogens (tertiary/aromatic N) is 5. The van der Waals surface area contributed by atoms with Crippen LogP contribution in [0.5, 0.6) is 0 Å². The van der Waals surface area contributed by atoms with Gasteiger partial charge in [0, 0.05) is 6.20 Å². The fourth-order valence-electron chi connectivity index (χ4n) is 0.955. The Bertz CT molecular complexity index is 452. The molecule has 0 spiro atoms. The van der Waals surface area contributed by atoms with Crippen molar-refractivity contribution < 1.29 is 4.92 Å². The fourth-order valence-corrected chi connectivity index (χ4v) is 0.955. The quantitative estimate of drug-likeness (QED) is 0.511. The third-order valence-electron chi connectivity index (χ3n) is 1.56. The molecular weight excluding hydrogens is 186 g/mol. The topological polar surface area (TPSA) is 86.7 Å². The van der Waals surface area contributed by atoms with Crippen LogP contribution in [0.15, 0.2) is 30.6 Å². The number of rotatable bonds is 2. The lowest BCUT2D eigenvalue weighted by molar-refractivity contribution is -0.389. The smallest absolute Gasteiger partial charge is 0.358 e. The number of hydrogen-bond donors (Lipinski definition) is 0. The third-order valence-corrected chi connectivity index (χ3v) is 1.56. The van der Waals surface area contributed by atoms with E-state index in [0.717, 1.165) is 0 Å². The fraction of sp³-hybridized carbons (Fsp3) is 0. The van der Waals surface area contributed by atoms with Crippen LogP contribution in [0.25, 0.3) is 5.82 Å². The maximum atomic E-state index is 10.3. The minimum Gasteiger partial charge on any atom is -0.358 e. The Morgan fingerprint density at radius 3 is 2.86 bits per heavy atom. The monoisotopic (exact) mass is 191 g/mol. The van der Waals surface area contributed by atoms with Crippen LogP contribution >= 0.6 is 0 Å². The minimum atomic E-state index is -0.563. The Hall–Kier alpha value is -2.31. The van der Waals surface area contributed by atoms with Crippen LogP contribution in [0.2, 0.25) is 0 Å². The molecule has 0 aromatic carbocycles. The van der Waals surface area contributed by atoms with Gasteiger partial charge < -0.3 is 10.1 Å². The van der Waals surface area contributed by atoms with Gasteiger partial charge in [-0.25, -0.2) is 0 Å². The van der Waals surface area contributed by atoms with Crippen molar-refractivity contribution in [2.45, 2.75) is 0 Å². The summed E-state index contributed by atoms with van der Waals surface area (Å²) in [5, 5.41) is 21.4. The highest BCUT2D eigenvalue weighted by atomic mass is 16.6. The molecule has 0 bridgehead atoms. The summed E-state index contributed by atoms with van der Waals surface area (Å²) in [5.41, 5.74) is 0. The van der Waals surface area contributed by atoms with E-state index in [0.29, 0.717) is 5.82 Å². The highest BCUT2D eigenvalue weighted by Gasteiger charge is 2.12. The Morgan fingerprint density at radius 2 is 2.29 bits per heavy atom. The molecule has 0 saturated heterocycles. The summed E-state index contributed by atoms with van der Waals surface area (Å²) in [6, 6.07) is 4.63. The number of aromatic nitrogens is 4. The first-order valence-electron chi connectivity index (χ1n) is 3.75. The van der Waals surface area contributed by atoms with E-state index < -0.39 is 4.92 Å². The van der Waals surface area contributed by atoms with Crippen LogP contribution in [-0.2, 0) is 0 Å². The highest BCUT2D eigenvalue weighted by molar-refractivity contribution is 5.23. The Kier molecular flexibility index (Phi) is 1.90. The van der Waals surface area contributed by atoms with Crippen LogP contribution in [-0.4, -0.2) is 24.9 Å². The van der Waals surface area contributed by atoms with Gasteiger partial charge in [-0.15, -0.1) is 9.78 Å². The molecule has 2 aromatic rings. The summed E-state index contributed by atoms with van der Waals surface area (Å²) in [6.07, 6.45) is 2.98. The Balaban J connectivity index is 2.39. The molecule has 0 N–H and O–H groups in total. The molecule has 0 fully saturated rings. The zero-order valence-electron chi connectivity index (χ0n) is 6.94. The number of hydrogen-bond acceptors (Lipinski definition) is 5. The molecule has 0 unspecified atom stereocenters. The molecule has 7 heteroatoms. The van der Waals surface area contributed by atoms with Gasteiger partial charge in [-0.3, -0.25) is 0 Å². The van der Waals surface area contributed by atoms with Crippen molar-refractivity contribution in [2.75, 3.05) is 0 Å². The average molecular weight is 191 g/mol. The van der Waals surface area contributed by atoms with Gasteiger partial charge >= 0.3 is 5.82 Å². The Labute approximate surface area is 78.2 Å². The van der Waals surface area contributed by atoms with Crippen molar-refractivity contribution in [1.82, 2.24) is 20.0 Å². The molecule has 7 nitrogen and oxygen atoms in total. The maximum absolute atomic E-state index is 10.3. The summed E-state index contributed by atoms with van der Waals surface area (Å²) in [5.74, 6) is 0.233. The second-order valence-corrected chi connectivity index (χ2v) is 2.46. The second-order valence-electron chi connectivity index (χ2n) is 2.46. The van der Waals surface area contributed by atoms with Crippen LogP contribution in [0, 0.1) is 10.1 Å². The first-order chi connectivity index (χ1) is 6.77. The van der Waals surface area contributed by atoms with E-state index in [2.05, 4.69) is 15.3 Å². The molecule has 2 rings (SSSR count). The lowest BCUT2D eigenvalue weighted by atomic mass is 10.5. The van der Waals surface area contributed by atoms with Gasteiger partial charge in [0.25, 0.3) is 0 Å². The summed E-state index contributed by atoms with van der Waals surface area (Å²) in [6.45, 7) is 0. The molecular formula is C7H5N5O2. The summed E-state index contributed by atoms with van der Waals surface area (Å²) in [7, 11) is 0. The van der Waals surface area contributed by atoms with Crippen molar-refractivity contribution in [3.8, 4) is 5.82 Å². The second kappa shape index (κ2) is 3.21. The molecule has 2 aromatic heterocycles. The van der Waals surface area contributed by atoms with Crippen molar-refractivity contribution >= 4 is 5.82 Å². The molecule has 0 saturated carbocycles. The summed E-state index contributed by atoms with van der Waals surface area (Å²) >= 11 is 0. The van der Waals surface area contributed by atoms with Gasteiger partial charge in [0.2, 0.25) is 0 Å². The lowest BCUT2D eigenvalue weighted by Crippen LogP contribution is -1.99. The molecule has 0 aliphatic rings. The standard InChI is InChI=1S/C7H5N5O2/c13-12(14)7-3-5-11(10-7)6-2-1-4-8-9-6/h1-5H. The van der Waals surface area contributed by atoms with E-state index >= 15 is 0 Å². The number of nitro groups is 1. The van der Waals surface area contributed by atoms with Gasteiger partial charge in [0.05, 0.1) is 17.4 Å². The molecule has 2 heterocycles. The Morgan fingerprint density at radius 1 is 1.43 bits per heavy atom. The molecule has 0 radical (unpaired) electrons. The van der Waals surface area contributed by atoms with Crippen molar-refractivity contribution in [3.05, 3.63) is 40.7 Å². The van der Waals surface area contributed by atoms with Crippen LogP contribution in [0.4, 0.5) is 5.82 Å². The van der Waals surface area contributed by atoms with Crippen LogP contribution < -0.4 is 0 Å². The van der Waals surface area contributed by atoms with E-state index in [-0.39, 0.29) is 5.82 Å². The normalized spacial score (nSPS) is 10.0. The van der Waals surface area contributed by atoms with E-state index in [1.165, 1.54) is 23.1 Å². The summed E-state index contributed by atoms with van der Waals surface area (Å²) < 4.78 is 1.30. The van der Waals surface area contributed by atoms with Gasteiger partial charge in [0.1, 0.15) is 0 Å². The van der Waals surface area contributed by atoms with Crippen molar-refractivity contribution in [1.29, 1.82) is 0 Å². The summed E-state index contributed by atoms with van der Waals surface area (Å²) in [4.78, 5) is 9.78.